The van der Waals surface area contributed by atoms with E-state index in [0.717, 1.165) is 32.0 Å². The van der Waals surface area contributed by atoms with Crippen molar-refractivity contribution in [3.8, 4) is 5.69 Å². The van der Waals surface area contributed by atoms with E-state index in [0.29, 0.717) is 0 Å². The van der Waals surface area contributed by atoms with E-state index in [-0.39, 0.29) is 11.0 Å². The highest BCUT2D eigenvalue weighted by atomic mass is 32.2. The van der Waals surface area contributed by atoms with Gasteiger partial charge in [-0.05, 0) is 45.9 Å². The van der Waals surface area contributed by atoms with Crippen molar-refractivity contribution in [2.45, 2.75) is 37.3 Å². The number of para-hydroxylation sites is 1. The minimum Gasteiger partial charge on any atom is -0.318 e. The van der Waals surface area contributed by atoms with E-state index in [9.17, 15) is 4.79 Å². The van der Waals surface area contributed by atoms with E-state index in [1.54, 1.807) is 0 Å². The highest BCUT2D eigenvalue weighted by Crippen LogP contribution is 2.30. The highest BCUT2D eigenvalue weighted by molar-refractivity contribution is 8.02. The number of aryl methyl sites for hydroxylation is 2. The largest absolute Gasteiger partial charge is 0.318 e. The second kappa shape index (κ2) is 6.91. The SMILES string of the molecule is Cc1nnc(S[C@H](C)C(=O)c2cc(C)n(-c3ccccc3)c2C)s1. The summed E-state index contributed by atoms with van der Waals surface area (Å²) in [6, 6.07) is 12.1. The van der Waals surface area contributed by atoms with Gasteiger partial charge in [0.2, 0.25) is 0 Å². The van der Waals surface area contributed by atoms with Crippen LogP contribution in [0.25, 0.3) is 5.69 Å². The zero-order valence-electron chi connectivity index (χ0n) is 14.1. The number of carbonyl (C=O) groups excluding carboxylic acids is 1. The molecule has 1 atom stereocenters. The third kappa shape index (κ3) is 3.30. The summed E-state index contributed by atoms with van der Waals surface area (Å²) in [4.78, 5) is 12.9. The molecule has 0 saturated carbocycles. The lowest BCUT2D eigenvalue weighted by molar-refractivity contribution is 0.0993. The zero-order valence-corrected chi connectivity index (χ0v) is 15.7. The van der Waals surface area contributed by atoms with Gasteiger partial charge in [0.1, 0.15) is 5.01 Å². The van der Waals surface area contributed by atoms with Crippen molar-refractivity contribution in [2.24, 2.45) is 0 Å². The Morgan fingerprint density at radius 3 is 2.50 bits per heavy atom. The van der Waals surface area contributed by atoms with Crippen LogP contribution in [0.1, 0.15) is 33.7 Å². The number of nitrogens with zero attached hydrogens (tertiary/aromatic N) is 3. The molecule has 1 aromatic carbocycles. The van der Waals surface area contributed by atoms with Crippen molar-refractivity contribution < 1.29 is 4.79 Å². The Morgan fingerprint density at radius 2 is 1.88 bits per heavy atom. The van der Waals surface area contributed by atoms with Crippen molar-refractivity contribution in [1.29, 1.82) is 0 Å². The van der Waals surface area contributed by atoms with Crippen LogP contribution >= 0.6 is 23.1 Å². The molecule has 0 aliphatic heterocycles. The number of hydrogen-bond donors (Lipinski definition) is 0. The Bertz CT molecular complexity index is 868. The molecule has 0 bridgehead atoms. The van der Waals surface area contributed by atoms with Gasteiger partial charge in [-0.2, -0.15) is 0 Å². The first-order chi connectivity index (χ1) is 11.5. The Labute approximate surface area is 149 Å². The third-order valence-corrected chi connectivity index (χ3v) is 5.89. The molecule has 0 N–H and O–H groups in total. The van der Waals surface area contributed by atoms with Crippen LogP contribution in [0, 0.1) is 20.8 Å². The number of Topliss-reactive ketones (excluding diaryl/α,β-unsaturated/α-hetero) is 1. The van der Waals surface area contributed by atoms with Crippen LogP contribution in [0.5, 0.6) is 0 Å². The van der Waals surface area contributed by atoms with Crippen LogP contribution in [0.15, 0.2) is 40.7 Å². The molecule has 124 valence electrons. The van der Waals surface area contributed by atoms with Crippen molar-refractivity contribution in [3.05, 3.63) is 58.4 Å². The van der Waals surface area contributed by atoms with E-state index in [4.69, 9.17) is 0 Å². The second-order valence-corrected chi connectivity index (χ2v) is 8.44. The van der Waals surface area contributed by atoms with Crippen LogP contribution in [-0.2, 0) is 0 Å². The average molecular weight is 358 g/mol. The molecule has 0 fully saturated rings. The lowest BCUT2D eigenvalue weighted by atomic mass is 10.1. The highest BCUT2D eigenvalue weighted by Gasteiger charge is 2.23. The number of carbonyl (C=O) groups is 1. The fourth-order valence-corrected chi connectivity index (χ4v) is 4.76. The molecule has 6 heteroatoms. The predicted molar refractivity (Wildman–Crippen MR) is 99.5 cm³/mol. The number of hydrogen-bond acceptors (Lipinski definition) is 5. The topological polar surface area (TPSA) is 47.8 Å². The van der Waals surface area contributed by atoms with E-state index in [2.05, 4.69) is 26.9 Å². The summed E-state index contributed by atoms with van der Waals surface area (Å²) in [5.74, 6) is 0.128. The van der Waals surface area contributed by atoms with Crippen molar-refractivity contribution in [1.82, 2.24) is 14.8 Å². The molecule has 0 amide bonds. The zero-order chi connectivity index (χ0) is 17.3. The van der Waals surface area contributed by atoms with E-state index >= 15 is 0 Å². The molecular formula is C18H19N3OS2. The maximum absolute atomic E-state index is 12.9. The van der Waals surface area contributed by atoms with Crippen molar-refractivity contribution in [2.75, 3.05) is 0 Å². The molecule has 0 saturated heterocycles. The van der Waals surface area contributed by atoms with E-state index in [1.165, 1.54) is 23.1 Å². The molecule has 0 aliphatic rings. The quantitative estimate of drug-likeness (QED) is 0.494. The lowest BCUT2D eigenvalue weighted by Gasteiger charge is -2.11. The van der Waals surface area contributed by atoms with Crippen molar-refractivity contribution in [3.63, 3.8) is 0 Å². The van der Waals surface area contributed by atoms with E-state index in [1.807, 2.05) is 52.0 Å². The maximum atomic E-state index is 12.9. The van der Waals surface area contributed by atoms with Crippen LogP contribution in [0.3, 0.4) is 0 Å². The number of benzene rings is 1. The Morgan fingerprint density at radius 1 is 1.17 bits per heavy atom. The molecular weight excluding hydrogens is 338 g/mol. The molecule has 24 heavy (non-hydrogen) atoms. The molecule has 0 unspecified atom stereocenters. The molecule has 4 nitrogen and oxygen atoms in total. The van der Waals surface area contributed by atoms with Crippen LogP contribution < -0.4 is 0 Å². The van der Waals surface area contributed by atoms with Crippen LogP contribution in [0.4, 0.5) is 0 Å². The fourth-order valence-electron chi connectivity index (χ4n) is 2.74. The smallest absolute Gasteiger partial charge is 0.177 e. The molecule has 0 radical (unpaired) electrons. The standard InChI is InChI=1S/C18H19N3OS2/c1-11-10-16(12(2)21(11)15-8-6-5-7-9-15)17(22)13(3)23-18-20-19-14(4)24-18/h5-10,13H,1-4H3/t13-/m1/s1. The number of rotatable bonds is 5. The van der Waals surface area contributed by atoms with Gasteiger partial charge in [0.05, 0.1) is 5.25 Å². The first-order valence-electron chi connectivity index (χ1n) is 7.72. The minimum absolute atomic E-state index is 0.128. The molecule has 0 spiro atoms. The summed E-state index contributed by atoms with van der Waals surface area (Å²) in [5.41, 5.74) is 3.89. The average Bonchev–Trinajstić information content (AvgIpc) is 3.10. The summed E-state index contributed by atoms with van der Waals surface area (Å²) in [6.45, 7) is 7.88. The Kier molecular flexibility index (Phi) is 4.87. The summed E-state index contributed by atoms with van der Waals surface area (Å²) in [6.07, 6.45) is 0. The first-order valence-corrected chi connectivity index (χ1v) is 9.42. The second-order valence-electron chi connectivity index (χ2n) is 5.67. The van der Waals surface area contributed by atoms with Gasteiger partial charge in [-0.25, -0.2) is 0 Å². The molecule has 3 aromatic rings. The monoisotopic (exact) mass is 357 g/mol. The van der Waals surface area contributed by atoms with Gasteiger partial charge in [-0.3, -0.25) is 4.79 Å². The van der Waals surface area contributed by atoms with Gasteiger partial charge in [-0.1, -0.05) is 41.3 Å². The van der Waals surface area contributed by atoms with E-state index < -0.39 is 0 Å². The van der Waals surface area contributed by atoms with Crippen molar-refractivity contribution >= 4 is 28.9 Å². The summed E-state index contributed by atoms with van der Waals surface area (Å²) < 4.78 is 2.96. The lowest BCUT2D eigenvalue weighted by Crippen LogP contribution is -2.14. The molecule has 2 aromatic heterocycles. The summed E-state index contributed by atoms with van der Waals surface area (Å²) >= 11 is 2.99. The number of ketones is 1. The Balaban J connectivity index is 1.88. The summed E-state index contributed by atoms with van der Waals surface area (Å²) in [7, 11) is 0. The molecule has 0 aliphatic carbocycles. The van der Waals surface area contributed by atoms with Gasteiger partial charge < -0.3 is 4.57 Å². The summed E-state index contributed by atoms with van der Waals surface area (Å²) in [5, 5.41) is 8.83. The van der Waals surface area contributed by atoms with Gasteiger partial charge in [0.25, 0.3) is 0 Å². The van der Waals surface area contributed by atoms with Gasteiger partial charge in [0, 0.05) is 22.6 Å². The first kappa shape index (κ1) is 16.9. The van der Waals surface area contributed by atoms with Gasteiger partial charge in [-0.15, -0.1) is 10.2 Å². The van der Waals surface area contributed by atoms with Gasteiger partial charge >= 0.3 is 0 Å². The van der Waals surface area contributed by atoms with Gasteiger partial charge in [0.15, 0.2) is 10.1 Å². The normalized spacial score (nSPS) is 12.3. The Hall–Kier alpha value is -1.92. The maximum Gasteiger partial charge on any atom is 0.177 e. The van der Waals surface area contributed by atoms with Crippen LogP contribution in [-0.4, -0.2) is 25.8 Å². The van der Waals surface area contributed by atoms with Crippen LogP contribution in [0.2, 0.25) is 0 Å². The molecule has 3 rings (SSSR count). The minimum atomic E-state index is -0.193. The fraction of sp³-hybridized carbons (Fsp3) is 0.278. The predicted octanol–water partition coefficient (Wildman–Crippen LogP) is 4.62. The number of aromatic nitrogens is 3. The number of thioether (sulfide) groups is 1. The third-order valence-electron chi connectivity index (χ3n) is 3.87. The molecule has 2 heterocycles.